The van der Waals surface area contributed by atoms with Crippen LogP contribution in [0.3, 0.4) is 0 Å². The monoisotopic (exact) mass is 264 g/mol. The quantitative estimate of drug-likeness (QED) is 0.814. The molecule has 1 aromatic rings. The van der Waals surface area contributed by atoms with Crippen LogP contribution in [0.25, 0.3) is 0 Å². The van der Waals surface area contributed by atoms with Gasteiger partial charge in [-0.2, -0.15) is 5.10 Å². The van der Waals surface area contributed by atoms with Gasteiger partial charge in [0.2, 0.25) is 0 Å². The number of hydrogen-bond donors (Lipinski definition) is 1. The Balaban J connectivity index is 2.00. The third-order valence-corrected chi connectivity index (χ3v) is 3.51. The summed E-state index contributed by atoms with van der Waals surface area (Å²) in [4.78, 5) is 11.9. The van der Waals surface area contributed by atoms with Gasteiger partial charge in [-0.15, -0.1) is 0 Å². The lowest BCUT2D eigenvalue weighted by Gasteiger charge is -2.18. The molecule has 0 aromatic heterocycles. The van der Waals surface area contributed by atoms with E-state index in [0.717, 1.165) is 25.0 Å². The maximum atomic E-state index is 11.9. The van der Waals surface area contributed by atoms with E-state index in [2.05, 4.69) is 17.5 Å². The largest absolute Gasteiger partial charge is 0.272 e. The molecule has 18 heavy (non-hydrogen) atoms. The SMILES string of the molecule is CC1CCC/C(=N\NC(=O)c2ccccc2Cl)C1. The molecule has 1 aliphatic carbocycles. The molecular weight excluding hydrogens is 248 g/mol. The van der Waals surface area contributed by atoms with Gasteiger partial charge in [0.25, 0.3) is 5.91 Å². The van der Waals surface area contributed by atoms with Gasteiger partial charge in [0.05, 0.1) is 10.6 Å². The second kappa shape index (κ2) is 6.01. The average molecular weight is 265 g/mol. The minimum Gasteiger partial charge on any atom is -0.267 e. The Labute approximate surface area is 112 Å². The Kier molecular flexibility index (Phi) is 4.37. The molecule has 1 atom stereocenters. The molecule has 1 aliphatic rings. The van der Waals surface area contributed by atoms with Crippen LogP contribution in [0, 0.1) is 5.92 Å². The third-order valence-electron chi connectivity index (χ3n) is 3.18. The van der Waals surface area contributed by atoms with Crippen LogP contribution in [0.15, 0.2) is 29.4 Å². The number of halogens is 1. The maximum absolute atomic E-state index is 11.9. The summed E-state index contributed by atoms with van der Waals surface area (Å²) in [7, 11) is 0. The smallest absolute Gasteiger partial charge is 0.267 e. The molecule has 3 nitrogen and oxygen atoms in total. The van der Waals surface area contributed by atoms with Crippen LogP contribution in [0.5, 0.6) is 0 Å². The first-order valence-electron chi connectivity index (χ1n) is 6.27. The normalized spacial score (nSPS) is 21.9. The molecule has 1 amide bonds. The van der Waals surface area contributed by atoms with Crippen molar-refractivity contribution < 1.29 is 4.79 Å². The van der Waals surface area contributed by atoms with E-state index in [1.807, 2.05) is 0 Å². The number of benzene rings is 1. The fourth-order valence-corrected chi connectivity index (χ4v) is 2.42. The number of carbonyl (C=O) groups is 1. The topological polar surface area (TPSA) is 41.5 Å². The lowest BCUT2D eigenvalue weighted by atomic mass is 9.89. The number of nitrogens with zero attached hydrogens (tertiary/aromatic N) is 1. The lowest BCUT2D eigenvalue weighted by molar-refractivity contribution is 0.0954. The van der Waals surface area contributed by atoms with E-state index in [4.69, 9.17) is 11.6 Å². The summed E-state index contributed by atoms with van der Waals surface area (Å²) >= 11 is 5.95. The Hall–Kier alpha value is -1.35. The van der Waals surface area contributed by atoms with Gasteiger partial charge in [-0.3, -0.25) is 4.79 Å². The summed E-state index contributed by atoms with van der Waals surface area (Å²) in [5.41, 5.74) is 4.14. The average Bonchev–Trinajstić information content (AvgIpc) is 2.37. The number of carbonyl (C=O) groups excluding carboxylic acids is 1. The number of amides is 1. The van der Waals surface area contributed by atoms with E-state index in [1.165, 1.54) is 6.42 Å². The summed E-state index contributed by atoms with van der Waals surface area (Å²) in [5, 5.41) is 4.66. The fourth-order valence-electron chi connectivity index (χ4n) is 2.20. The van der Waals surface area contributed by atoms with E-state index in [9.17, 15) is 4.79 Å². The van der Waals surface area contributed by atoms with Crippen molar-refractivity contribution in [1.82, 2.24) is 5.43 Å². The molecule has 1 aromatic carbocycles. The van der Waals surface area contributed by atoms with Crippen molar-refractivity contribution in [3.8, 4) is 0 Å². The molecule has 0 radical (unpaired) electrons. The lowest BCUT2D eigenvalue weighted by Crippen LogP contribution is -2.22. The highest BCUT2D eigenvalue weighted by Crippen LogP contribution is 2.21. The van der Waals surface area contributed by atoms with Gasteiger partial charge in [-0.05, 0) is 43.7 Å². The van der Waals surface area contributed by atoms with E-state index in [0.29, 0.717) is 16.5 Å². The van der Waals surface area contributed by atoms with Crippen LogP contribution in [0.1, 0.15) is 43.0 Å². The minimum absolute atomic E-state index is 0.244. The summed E-state index contributed by atoms with van der Waals surface area (Å²) in [6.07, 6.45) is 4.36. The Morgan fingerprint density at radius 3 is 2.94 bits per heavy atom. The molecule has 0 saturated heterocycles. The Bertz CT molecular complexity index is 471. The van der Waals surface area contributed by atoms with Gasteiger partial charge in [-0.25, -0.2) is 5.43 Å². The number of rotatable bonds is 2. The molecule has 1 fully saturated rings. The van der Waals surface area contributed by atoms with Crippen LogP contribution in [0.2, 0.25) is 5.02 Å². The standard InChI is InChI=1S/C14H17ClN2O/c1-10-5-4-6-11(9-10)16-17-14(18)12-7-2-3-8-13(12)15/h2-3,7-8,10H,4-6,9H2,1H3,(H,17,18)/b16-11+. The first-order chi connectivity index (χ1) is 8.66. The summed E-state index contributed by atoms with van der Waals surface area (Å²) in [6.45, 7) is 2.21. The molecule has 1 unspecified atom stereocenters. The summed E-state index contributed by atoms with van der Waals surface area (Å²) < 4.78 is 0. The highest BCUT2D eigenvalue weighted by atomic mass is 35.5. The molecule has 1 saturated carbocycles. The molecule has 2 rings (SSSR count). The molecule has 1 N–H and O–H groups in total. The highest BCUT2D eigenvalue weighted by molar-refractivity contribution is 6.33. The van der Waals surface area contributed by atoms with E-state index in [1.54, 1.807) is 24.3 Å². The zero-order valence-electron chi connectivity index (χ0n) is 10.4. The Morgan fingerprint density at radius 1 is 1.44 bits per heavy atom. The predicted octanol–water partition coefficient (Wildman–Crippen LogP) is 3.64. The summed E-state index contributed by atoms with van der Waals surface area (Å²) in [5.74, 6) is 0.418. The van der Waals surface area contributed by atoms with Crippen LogP contribution < -0.4 is 5.43 Å². The first kappa shape index (κ1) is 13.1. The van der Waals surface area contributed by atoms with Crippen molar-refractivity contribution in [2.45, 2.75) is 32.6 Å². The van der Waals surface area contributed by atoms with Crippen molar-refractivity contribution in [3.05, 3.63) is 34.9 Å². The zero-order chi connectivity index (χ0) is 13.0. The molecule has 4 heteroatoms. The van der Waals surface area contributed by atoms with Crippen molar-refractivity contribution in [1.29, 1.82) is 0 Å². The molecular formula is C14H17ClN2O. The summed E-state index contributed by atoms with van der Waals surface area (Å²) in [6, 6.07) is 6.98. The fraction of sp³-hybridized carbons (Fsp3) is 0.429. The third kappa shape index (κ3) is 3.33. The van der Waals surface area contributed by atoms with Crippen molar-refractivity contribution in [3.63, 3.8) is 0 Å². The molecule has 0 heterocycles. The van der Waals surface area contributed by atoms with Crippen LogP contribution in [-0.2, 0) is 0 Å². The molecule has 0 aliphatic heterocycles. The second-order valence-electron chi connectivity index (χ2n) is 4.80. The first-order valence-corrected chi connectivity index (χ1v) is 6.65. The number of hydrogen-bond acceptors (Lipinski definition) is 2. The van der Waals surface area contributed by atoms with Gasteiger partial charge < -0.3 is 0 Å². The van der Waals surface area contributed by atoms with Gasteiger partial charge >= 0.3 is 0 Å². The van der Waals surface area contributed by atoms with Crippen molar-refractivity contribution >= 4 is 23.2 Å². The van der Waals surface area contributed by atoms with Gasteiger partial charge in [-0.1, -0.05) is 30.7 Å². The van der Waals surface area contributed by atoms with Crippen molar-refractivity contribution in [2.24, 2.45) is 11.0 Å². The van der Waals surface area contributed by atoms with Gasteiger partial charge in [0.15, 0.2) is 0 Å². The Morgan fingerprint density at radius 2 is 2.22 bits per heavy atom. The highest BCUT2D eigenvalue weighted by Gasteiger charge is 2.15. The van der Waals surface area contributed by atoms with Crippen molar-refractivity contribution in [2.75, 3.05) is 0 Å². The van der Waals surface area contributed by atoms with Crippen LogP contribution >= 0.6 is 11.6 Å². The van der Waals surface area contributed by atoms with Gasteiger partial charge in [0.1, 0.15) is 0 Å². The predicted molar refractivity (Wildman–Crippen MR) is 74.0 cm³/mol. The van der Waals surface area contributed by atoms with E-state index < -0.39 is 0 Å². The van der Waals surface area contributed by atoms with Crippen LogP contribution in [0.4, 0.5) is 0 Å². The molecule has 96 valence electrons. The maximum Gasteiger partial charge on any atom is 0.272 e. The number of nitrogens with one attached hydrogen (secondary N) is 1. The van der Waals surface area contributed by atoms with E-state index in [-0.39, 0.29) is 5.91 Å². The van der Waals surface area contributed by atoms with E-state index >= 15 is 0 Å². The van der Waals surface area contributed by atoms with Gasteiger partial charge in [0, 0.05) is 5.71 Å². The zero-order valence-corrected chi connectivity index (χ0v) is 11.2. The second-order valence-corrected chi connectivity index (χ2v) is 5.21. The molecule has 0 bridgehead atoms. The minimum atomic E-state index is -0.244. The number of hydrazone groups is 1. The van der Waals surface area contributed by atoms with Crippen LogP contribution in [-0.4, -0.2) is 11.6 Å². The molecule has 0 spiro atoms.